The van der Waals surface area contributed by atoms with E-state index in [1.165, 1.54) is 11.8 Å². The van der Waals surface area contributed by atoms with Gasteiger partial charge in [0.2, 0.25) is 17.7 Å². The van der Waals surface area contributed by atoms with Crippen LogP contribution in [-0.4, -0.2) is 71.5 Å². The van der Waals surface area contributed by atoms with Crippen LogP contribution in [0.15, 0.2) is 0 Å². The van der Waals surface area contributed by atoms with Crippen LogP contribution in [0.3, 0.4) is 0 Å². The summed E-state index contributed by atoms with van der Waals surface area (Å²) in [5.41, 5.74) is 11.5. The Hall–Kier alpha value is -1.85. The molecule has 0 aromatic carbocycles. The van der Waals surface area contributed by atoms with Crippen LogP contribution in [0.1, 0.15) is 59.8 Å². The molecule has 0 heterocycles. The number of hydrogen-bond donors (Lipinski definition) is 6. The number of thioether (sulfide) groups is 1. The largest absolute Gasteiger partial charge is 0.480 e. The van der Waals surface area contributed by atoms with E-state index in [2.05, 4.69) is 16.0 Å². The molecule has 0 aromatic heterocycles. The third-order valence-corrected chi connectivity index (χ3v) is 5.81. The van der Waals surface area contributed by atoms with Crippen LogP contribution in [0.4, 0.5) is 0 Å². The Kier molecular flexibility index (Phi) is 15.8. The van der Waals surface area contributed by atoms with Crippen LogP contribution >= 0.6 is 11.8 Å². The fraction of sp³-hybridized carbons (Fsp3) is 0.818. The molecule has 0 spiro atoms. The molecule has 3 amide bonds. The minimum atomic E-state index is -1.12. The van der Waals surface area contributed by atoms with Gasteiger partial charge in [0.15, 0.2) is 0 Å². The molecule has 33 heavy (non-hydrogen) atoms. The standard InChI is InChI=1S/C22H43N5O5S/c1-13(2)12-17(20(29)26-16(22(31)32)9-11-33-5)27-19(28)15(8-6-7-10-23)25-21(30)18(24)14(3)4/h13-18H,6-12,23-24H2,1-5H3,(H,25,30)(H,26,29)(H,27,28)(H,31,32). The topological polar surface area (TPSA) is 177 Å². The van der Waals surface area contributed by atoms with E-state index in [1.54, 1.807) is 0 Å². The molecule has 0 fully saturated rings. The Balaban J connectivity index is 5.46. The third-order valence-electron chi connectivity index (χ3n) is 5.17. The van der Waals surface area contributed by atoms with E-state index in [4.69, 9.17) is 11.5 Å². The first-order chi connectivity index (χ1) is 15.4. The molecule has 0 aliphatic rings. The van der Waals surface area contributed by atoms with Crippen LogP contribution in [0.2, 0.25) is 0 Å². The molecule has 0 radical (unpaired) electrons. The lowest BCUT2D eigenvalue weighted by Gasteiger charge is -2.26. The van der Waals surface area contributed by atoms with Crippen molar-refractivity contribution >= 4 is 35.5 Å². The fourth-order valence-electron chi connectivity index (χ4n) is 3.07. The number of rotatable bonds is 17. The number of unbranched alkanes of at least 4 members (excludes halogenated alkanes) is 1. The van der Waals surface area contributed by atoms with Gasteiger partial charge in [0.25, 0.3) is 0 Å². The molecular weight excluding hydrogens is 446 g/mol. The number of nitrogens with two attached hydrogens (primary N) is 2. The predicted molar refractivity (Wildman–Crippen MR) is 132 cm³/mol. The number of carboxylic acid groups (broad SMARTS) is 1. The quantitative estimate of drug-likeness (QED) is 0.159. The second-order valence-corrected chi connectivity index (χ2v) is 9.97. The maximum Gasteiger partial charge on any atom is 0.326 e. The van der Waals surface area contributed by atoms with E-state index in [1.807, 2.05) is 34.0 Å². The highest BCUT2D eigenvalue weighted by Crippen LogP contribution is 2.10. The van der Waals surface area contributed by atoms with Gasteiger partial charge in [0.05, 0.1) is 6.04 Å². The molecule has 4 atom stereocenters. The zero-order valence-electron chi connectivity index (χ0n) is 20.6. The van der Waals surface area contributed by atoms with E-state index in [-0.39, 0.29) is 18.3 Å². The van der Waals surface area contributed by atoms with Gasteiger partial charge in [-0.1, -0.05) is 27.7 Å². The second kappa shape index (κ2) is 16.7. The summed E-state index contributed by atoms with van der Waals surface area (Å²) in [6, 6.07) is -3.61. The summed E-state index contributed by atoms with van der Waals surface area (Å²) in [4.78, 5) is 49.9. The van der Waals surface area contributed by atoms with Gasteiger partial charge in [-0.05, 0) is 62.5 Å². The first-order valence-corrected chi connectivity index (χ1v) is 12.9. The summed E-state index contributed by atoms with van der Waals surface area (Å²) < 4.78 is 0. The summed E-state index contributed by atoms with van der Waals surface area (Å²) in [6.45, 7) is 7.88. The molecule has 0 aromatic rings. The second-order valence-electron chi connectivity index (χ2n) is 8.99. The smallest absolute Gasteiger partial charge is 0.326 e. The zero-order chi connectivity index (χ0) is 25.6. The Morgan fingerprint density at radius 2 is 1.39 bits per heavy atom. The third kappa shape index (κ3) is 12.8. The zero-order valence-corrected chi connectivity index (χ0v) is 21.4. The Morgan fingerprint density at radius 3 is 1.88 bits per heavy atom. The number of amides is 3. The van der Waals surface area contributed by atoms with Crippen molar-refractivity contribution in [2.75, 3.05) is 18.6 Å². The Bertz CT molecular complexity index is 632. The van der Waals surface area contributed by atoms with E-state index in [0.29, 0.717) is 38.0 Å². The van der Waals surface area contributed by atoms with E-state index in [9.17, 15) is 24.3 Å². The van der Waals surface area contributed by atoms with Crippen molar-refractivity contribution in [3.05, 3.63) is 0 Å². The van der Waals surface area contributed by atoms with Gasteiger partial charge >= 0.3 is 5.97 Å². The predicted octanol–water partition coefficient (Wildman–Crippen LogP) is 0.437. The number of nitrogens with one attached hydrogen (secondary N) is 3. The Morgan fingerprint density at radius 1 is 0.848 bits per heavy atom. The molecule has 0 saturated heterocycles. The number of carbonyl (C=O) groups excluding carboxylic acids is 3. The van der Waals surface area contributed by atoms with Crippen LogP contribution in [0, 0.1) is 11.8 Å². The van der Waals surface area contributed by atoms with Crippen molar-refractivity contribution in [2.45, 2.75) is 84.0 Å². The van der Waals surface area contributed by atoms with Crippen molar-refractivity contribution in [2.24, 2.45) is 23.3 Å². The number of carboxylic acids is 1. The van der Waals surface area contributed by atoms with Gasteiger partial charge in [0, 0.05) is 0 Å². The lowest BCUT2D eigenvalue weighted by atomic mass is 10.0. The van der Waals surface area contributed by atoms with Gasteiger partial charge in [-0.15, -0.1) is 0 Å². The van der Waals surface area contributed by atoms with Crippen LogP contribution in [-0.2, 0) is 19.2 Å². The van der Waals surface area contributed by atoms with Crippen molar-refractivity contribution in [1.82, 2.24) is 16.0 Å². The lowest BCUT2D eigenvalue weighted by Crippen LogP contribution is -2.57. The minimum absolute atomic E-state index is 0.0650. The van der Waals surface area contributed by atoms with E-state index < -0.39 is 47.9 Å². The number of carbonyl (C=O) groups is 4. The summed E-state index contributed by atoms with van der Waals surface area (Å²) in [7, 11) is 0. The highest BCUT2D eigenvalue weighted by atomic mass is 32.2. The van der Waals surface area contributed by atoms with E-state index >= 15 is 0 Å². The fourth-order valence-corrected chi connectivity index (χ4v) is 3.54. The molecule has 11 heteroatoms. The highest BCUT2D eigenvalue weighted by Gasteiger charge is 2.30. The molecule has 0 aliphatic heterocycles. The molecule has 10 nitrogen and oxygen atoms in total. The van der Waals surface area contributed by atoms with Crippen molar-refractivity contribution in [3.8, 4) is 0 Å². The van der Waals surface area contributed by atoms with Gasteiger partial charge in [-0.2, -0.15) is 11.8 Å². The maximum atomic E-state index is 13.1. The van der Waals surface area contributed by atoms with Crippen molar-refractivity contribution in [1.29, 1.82) is 0 Å². The average Bonchev–Trinajstić information content (AvgIpc) is 2.73. The summed E-state index contributed by atoms with van der Waals surface area (Å²) >= 11 is 1.48. The summed E-state index contributed by atoms with van der Waals surface area (Å²) in [6.07, 6.45) is 4.09. The molecule has 4 unspecified atom stereocenters. The van der Waals surface area contributed by atoms with Gasteiger partial charge in [-0.25, -0.2) is 4.79 Å². The van der Waals surface area contributed by atoms with Crippen molar-refractivity contribution < 1.29 is 24.3 Å². The van der Waals surface area contributed by atoms with Crippen LogP contribution in [0.5, 0.6) is 0 Å². The average molecular weight is 490 g/mol. The molecule has 0 aliphatic carbocycles. The SMILES string of the molecule is CSCCC(NC(=O)C(CC(C)C)NC(=O)C(CCCCN)NC(=O)C(N)C(C)C)C(=O)O. The number of hydrogen-bond acceptors (Lipinski definition) is 7. The first kappa shape index (κ1) is 31.1. The van der Waals surface area contributed by atoms with Gasteiger partial charge in [0.1, 0.15) is 18.1 Å². The molecule has 8 N–H and O–H groups in total. The van der Waals surface area contributed by atoms with Gasteiger partial charge in [-0.3, -0.25) is 14.4 Å². The van der Waals surface area contributed by atoms with Crippen LogP contribution in [0.25, 0.3) is 0 Å². The minimum Gasteiger partial charge on any atom is -0.480 e. The Labute approximate surface area is 201 Å². The monoisotopic (exact) mass is 489 g/mol. The van der Waals surface area contributed by atoms with E-state index in [0.717, 1.165) is 0 Å². The molecule has 0 saturated carbocycles. The molecule has 192 valence electrons. The molecule has 0 rings (SSSR count). The normalized spacial score (nSPS) is 14.9. The molecular formula is C22H43N5O5S. The highest BCUT2D eigenvalue weighted by molar-refractivity contribution is 7.98. The number of aliphatic carboxylic acids is 1. The first-order valence-electron chi connectivity index (χ1n) is 11.5. The lowest BCUT2D eigenvalue weighted by molar-refractivity contribution is -0.142. The van der Waals surface area contributed by atoms with Crippen LogP contribution < -0.4 is 27.4 Å². The maximum absolute atomic E-state index is 13.1. The van der Waals surface area contributed by atoms with Gasteiger partial charge < -0.3 is 32.5 Å². The van der Waals surface area contributed by atoms with Crippen molar-refractivity contribution in [3.63, 3.8) is 0 Å². The molecule has 0 bridgehead atoms. The summed E-state index contributed by atoms with van der Waals surface area (Å²) in [5, 5.41) is 17.4. The summed E-state index contributed by atoms with van der Waals surface area (Å²) in [5.74, 6) is -2.09.